The zero-order valence-electron chi connectivity index (χ0n) is 14.5. The van der Waals surface area contributed by atoms with Crippen LogP contribution in [0.1, 0.15) is 12.5 Å². The largest absolute Gasteiger partial charge is 0.379 e. The van der Waals surface area contributed by atoms with Gasteiger partial charge in [0.15, 0.2) is 0 Å². The molecule has 3 rings (SSSR count). The monoisotopic (exact) mass is 418 g/mol. The Kier molecular flexibility index (Phi) is 5.52. The molecule has 0 aromatic heterocycles. The van der Waals surface area contributed by atoms with Crippen molar-refractivity contribution in [2.75, 3.05) is 5.32 Å². The highest BCUT2D eigenvalue weighted by Crippen LogP contribution is 2.27. The van der Waals surface area contributed by atoms with Gasteiger partial charge in [-0.1, -0.05) is 12.1 Å². The first-order valence-electron chi connectivity index (χ1n) is 7.90. The summed E-state index contributed by atoms with van der Waals surface area (Å²) in [7, 11) is -4.05. The van der Waals surface area contributed by atoms with Crippen molar-refractivity contribution in [3.8, 4) is 5.75 Å². The van der Waals surface area contributed by atoms with Crippen LogP contribution in [0.15, 0.2) is 58.3 Å². The van der Waals surface area contributed by atoms with E-state index in [4.69, 9.17) is 4.18 Å². The molecule has 0 bridgehead atoms. The van der Waals surface area contributed by atoms with E-state index in [-0.39, 0.29) is 21.5 Å². The van der Waals surface area contributed by atoms with Gasteiger partial charge in [-0.15, -0.1) is 0 Å². The van der Waals surface area contributed by atoms with Crippen LogP contribution in [0, 0.1) is 0 Å². The summed E-state index contributed by atoms with van der Waals surface area (Å²) in [4.78, 5) is 33.9. The van der Waals surface area contributed by atoms with Crippen LogP contribution in [-0.2, 0) is 19.7 Å². The molecule has 10 heteroatoms. The number of amides is 3. The summed E-state index contributed by atoms with van der Waals surface area (Å²) in [5.41, 5.74) is 1.08. The molecule has 28 heavy (non-hydrogen) atoms. The van der Waals surface area contributed by atoms with E-state index in [1.807, 2.05) is 0 Å². The Labute approximate surface area is 165 Å². The van der Waals surface area contributed by atoms with Crippen molar-refractivity contribution in [1.29, 1.82) is 0 Å². The number of rotatable bonds is 5. The summed E-state index contributed by atoms with van der Waals surface area (Å²) in [5, 5.41) is 4.26. The molecule has 0 saturated carbocycles. The molecule has 1 saturated heterocycles. The summed E-state index contributed by atoms with van der Waals surface area (Å²) in [5.74, 6) is -0.645. The van der Waals surface area contributed by atoms with Crippen LogP contribution in [-0.4, -0.2) is 25.5 Å². The van der Waals surface area contributed by atoms with Crippen LogP contribution < -0.4 is 14.8 Å². The average Bonchev–Trinajstić information content (AvgIpc) is 2.93. The van der Waals surface area contributed by atoms with E-state index in [1.165, 1.54) is 49.4 Å². The second kappa shape index (κ2) is 7.87. The molecular formula is C18H14N2O6S2. The van der Waals surface area contributed by atoms with E-state index in [0.717, 1.165) is 11.8 Å². The molecule has 2 aromatic carbocycles. The highest BCUT2D eigenvalue weighted by molar-refractivity contribution is 8.18. The number of nitrogens with one attached hydrogen (secondary N) is 2. The molecule has 0 aliphatic carbocycles. The van der Waals surface area contributed by atoms with Gasteiger partial charge in [-0.2, -0.15) is 8.42 Å². The lowest BCUT2D eigenvalue weighted by molar-refractivity contribution is -0.115. The zero-order valence-corrected chi connectivity index (χ0v) is 16.1. The SMILES string of the molecule is CC(=O)Nc1ccc(S(=O)(=O)Oc2ccc(/C=C3\SC(=O)NC3=O)cc2)cc1. The minimum Gasteiger partial charge on any atom is -0.379 e. The van der Waals surface area contributed by atoms with Crippen LogP contribution in [0.5, 0.6) is 5.75 Å². The first-order valence-corrected chi connectivity index (χ1v) is 10.1. The fourth-order valence-corrected chi connectivity index (χ4v) is 3.89. The molecule has 3 amide bonds. The molecule has 0 atom stereocenters. The van der Waals surface area contributed by atoms with Gasteiger partial charge in [0.25, 0.3) is 11.1 Å². The van der Waals surface area contributed by atoms with Crippen LogP contribution in [0.3, 0.4) is 0 Å². The minimum absolute atomic E-state index is 0.0645. The van der Waals surface area contributed by atoms with Crippen LogP contribution in [0.2, 0.25) is 0 Å². The standard InChI is InChI=1S/C18H14N2O6S2/c1-11(21)19-13-4-8-15(9-5-13)28(24,25)26-14-6-2-12(3-7-14)10-16-17(22)20-18(23)27-16/h2-10H,1H3,(H,19,21)(H,20,22,23)/b16-10-. The number of carbonyl (C=O) groups excluding carboxylic acids is 3. The van der Waals surface area contributed by atoms with Crippen molar-refractivity contribution in [2.45, 2.75) is 11.8 Å². The second-order valence-electron chi connectivity index (χ2n) is 5.66. The molecule has 1 fully saturated rings. The predicted molar refractivity (Wildman–Crippen MR) is 104 cm³/mol. The maximum atomic E-state index is 12.4. The fraction of sp³-hybridized carbons (Fsp3) is 0.0556. The highest BCUT2D eigenvalue weighted by Gasteiger charge is 2.25. The highest BCUT2D eigenvalue weighted by atomic mass is 32.2. The molecule has 144 valence electrons. The molecule has 0 radical (unpaired) electrons. The van der Waals surface area contributed by atoms with E-state index in [0.29, 0.717) is 11.3 Å². The molecule has 1 heterocycles. The van der Waals surface area contributed by atoms with Crippen LogP contribution in [0.4, 0.5) is 10.5 Å². The van der Waals surface area contributed by atoms with Crippen molar-refractivity contribution in [3.63, 3.8) is 0 Å². The fourth-order valence-electron chi connectivity index (χ4n) is 2.28. The van der Waals surface area contributed by atoms with E-state index in [1.54, 1.807) is 12.1 Å². The van der Waals surface area contributed by atoms with Gasteiger partial charge in [0.1, 0.15) is 10.6 Å². The third-order valence-corrected chi connectivity index (χ3v) is 5.56. The van der Waals surface area contributed by atoms with E-state index < -0.39 is 21.3 Å². The summed E-state index contributed by atoms with van der Waals surface area (Å²) >= 11 is 0.793. The number of benzene rings is 2. The molecule has 0 unspecified atom stereocenters. The van der Waals surface area contributed by atoms with E-state index in [2.05, 4.69) is 10.6 Å². The Morgan fingerprint density at radius 1 is 1.07 bits per heavy atom. The lowest BCUT2D eigenvalue weighted by Gasteiger charge is -2.08. The predicted octanol–water partition coefficient (Wildman–Crippen LogP) is 2.74. The van der Waals surface area contributed by atoms with Gasteiger partial charge in [0.05, 0.1) is 4.91 Å². The van der Waals surface area contributed by atoms with Gasteiger partial charge < -0.3 is 9.50 Å². The van der Waals surface area contributed by atoms with Gasteiger partial charge in [0.2, 0.25) is 5.91 Å². The summed E-state index contributed by atoms with van der Waals surface area (Å²) in [6, 6.07) is 11.6. The van der Waals surface area contributed by atoms with Crippen molar-refractivity contribution in [1.82, 2.24) is 5.32 Å². The Balaban J connectivity index is 1.72. The van der Waals surface area contributed by atoms with Gasteiger partial charge in [-0.3, -0.25) is 19.7 Å². The third kappa shape index (κ3) is 4.78. The second-order valence-corrected chi connectivity index (χ2v) is 8.23. The smallest absolute Gasteiger partial charge is 0.339 e. The molecule has 8 nitrogen and oxygen atoms in total. The maximum Gasteiger partial charge on any atom is 0.339 e. The topological polar surface area (TPSA) is 119 Å². The van der Waals surface area contributed by atoms with Crippen LogP contribution >= 0.6 is 11.8 Å². The Morgan fingerprint density at radius 2 is 1.71 bits per heavy atom. The number of anilines is 1. The van der Waals surface area contributed by atoms with Crippen molar-refractivity contribution >= 4 is 50.7 Å². The Morgan fingerprint density at radius 3 is 2.25 bits per heavy atom. The molecule has 2 N–H and O–H groups in total. The first kappa shape index (κ1) is 19.6. The molecule has 0 spiro atoms. The number of hydrogen-bond acceptors (Lipinski definition) is 7. The minimum atomic E-state index is -4.05. The third-order valence-electron chi connectivity index (χ3n) is 3.49. The Hall–Kier alpha value is -3.11. The van der Waals surface area contributed by atoms with Crippen molar-refractivity contribution < 1.29 is 27.0 Å². The van der Waals surface area contributed by atoms with Gasteiger partial charge in [-0.25, -0.2) is 0 Å². The quantitative estimate of drug-likeness (QED) is 0.566. The number of imide groups is 1. The van der Waals surface area contributed by atoms with Gasteiger partial charge in [-0.05, 0) is 59.8 Å². The summed E-state index contributed by atoms with van der Waals surface area (Å²) < 4.78 is 29.8. The maximum absolute atomic E-state index is 12.4. The molecular weight excluding hydrogens is 404 g/mol. The molecule has 1 aliphatic rings. The van der Waals surface area contributed by atoms with Crippen molar-refractivity contribution in [3.05, 3.63) is 59.0 Å². The lowest BCUT2D eigenvalue weighted by Crippen LogP contribution is -2.17. The van der Waals surface area contributed by atoms with E-state index in [9.17, 15) is 22.8 Å². The molecule has 2 aromatic rings. The van der Waals surface area contributed by atoms with Crippen molar-refractivity contribution in [2.24, 2.45) is 0 Å². The van der Waals surface area contributed by atoms with Crippen LogP contribution in [0.25, 0.3) is 6.08 Å². The summed E-state index contributed by atoms with van der Waals surface area (Å²) in [6.45, 7) is 1.35. The Bertz CT molecular complexity index is 1070. The number of hydrogen-bond donors (Lipinski definition) is 2. The number of thioether (sulfide) groups is 1. The van der Waals surface area contributed by atoms with Gasteiger partial charge in [0, 0.05) is 12.6 Å². The zero-order chi connectivity index (χ0) is 20.3. The molecule has 1 aliphatic heterocycles. The number of carbonyl (C=O) groups is 3. The first-order chi connectivity index (χ1) is 13.2. The lowest BCUT2D eigenvalue weighted by atomic mass is 10.2. The van der Waals surface area contributed by atoms with E-state index >= 15 is 0 Å². The average molecular weight is 418 g/mol. The summed E-state index contributed by atoms with van der Waals surface area (Å²) in [6.07, 6.45) is 1.52. The van der Waals surface area contributed by atoms with Gasteiger partial charge >= 0.3 is 10.1 Å². The normalized spacial score (nSPS) is 15.4.